The number of carbonyl (C=O) groups excluding carboxylic acids is 1. The molecule has 2 aromatic heterocycles. The van der Waals surface area contributed by atoms with Crippen LogP contribution in [0.4, 0.5) is 0 Å². The van der Waals surface area contributed by atoms with Gasteiger partial charge in [0, 0.05) is 46.5 Å². The number of allylic oxidation sites excluding steroid dienone is 2. The van der Waals surface area contributed by atoms with Crippen molar-refractivity contribution in [1.82, 2.24) is 20.0 Å². The molecule has 1 atom stereocenters. The van der Waals surface area contributed by atoms with Gasteiger partial charge in [-0.3, -0.25) is 9.78 Å². The van der Waals surface area contributed by atoms with Crippen molar-refractivity contribution in [2.24, 2.45) is 0 Å². The average Bonchev–Trinajstić information content (AvgIpc) is 3.57. The number of Topliss-reactive ketones (excluding diaryl/α,β-unsaturated/α-hetero) is 1. The third kappa shape index (κ3) is 4.82. The van der Waals surface area contributed by atoms with Crippen LogP contribution in [0.2, 0.25) is 5.02 Å². The van der Waals surface area contributed by atoms with E-state index in [1.165, 1.54) is 0 Å². The number of halogens is 1. The highest BCUT2D eigenvalue weighted by atomic mass is 35.5. The molecule has 0 saturated heterocycles. The average molecular weight is 635 g/mol. The third-order valence-corrected chi connectivity index (χ3v) is 9.41. The Bertz CT molecular complexity index is 2430. The van der Waals surface area contributed by atoms with E-state index in [0.717, 1.165) is 79.2 Å². The molecule has 0 radical (unpaired) electrons. The minimum Gasteiger partial charge on any atom is -0.487 e. The van der Waals surface area contributed by atoms with Crippen LogP contribution in [-0.4, -0.2) is 25.8 Å². The van der Waals surface area contributed by atoms with Gasteiger partial charge in [0.25, 0.3) is 0 Å². The Morgan fingerprint density at radius 2 is 1.77 bits per heavy atom. The SMILES string of the molecule is O=C1CCCC2=C1C(c1cccc3ccccc13)c1cc3cc(OCc4cn(-c5ccnc6cc(Cl)ccc56)nn4)ccc3cc1O2. The van der Waals surface area contributed by atoms with Gasteiger partial charge in [0.15, 0.2) is 5.78 Å². The first-order valence-electron chi connectivity index (χ1n) is 15.7. The van der Waals surface area contributed by atoms with Crippen molar-refractivity contribution in [3.05, 3.63) is 143 Å². The van der Waals surface area contributed by atoms with E-state index in [9.17, 15) is 4.79 Å². The summed E-state index contributed by atoms with van der Waals surface area (Å²) >= 11 is 6.17. The van der Waals surface area contributed by atoms with Gasteiger partial charge < -0.3 is 9.47 Å². The molecule has 0 amide bonds. The van der Waals surface area contributed by atoms with Crippen molar-refractivity contribution in [2.75, 3.05) is 0 Å². The maximum atomic E-state index is 13.5. The largest absolute Gasteiger partial charge is 0.487 e. The summed E-state index contributed by atoms with van der Waals surface area (Å²) in [7, 11) is 0. The first-order chi connectivity index (χ1) is 23.1. The normalized spacial score (nSPS) is 15.9. The number of ketones is 1. The lowest BCUT2D eigenvalue weighted by Crippen LogP contribution is -2.25. The van der Waals surface area contributed by atoms with Gasteiger partial charge >= 0.3 is 0 Å². The molecule has 0 bridgehead atoms. The van der Waals surface area contributed by atoms with Crippen molar-refractivity contribution < 1.29 is 14.3 Å². The first kappa shape index (κ1) is 27.8. The minimum absolute atomic E-state index is 0.170. The van der Waals surface area contributed by atoms with Crippen molar-refractivity contribution >= 4 is 49.8 Å². The van der Waals surface area contributed by atoms with Crippen molar-refractivity contribution in [3.8, 4) is 17.2 Å². The standard InChI is InChI=1S/C39H27ClN4O3/c40-26-12-14-31-33(20-26)41-16-15-34(31)44-21-27(42-43-44)22-46-28-13-11-24-19-37-32(18-25(24)17-28)38(39-35(45)9-4-10-36(39)47-37)30-8-3-6-23-5-1-2-7-29(23)30/h1-3,5-8,11-21,38H,4,9-10,22H2. The number of rotatable bonds is 5. The molecule has 47 heavy (non-hydrogen) atoms. The molecule has 0 N–H and O–H groups in total. The summed E-state index contributed by atoms with van der Waals surface area (Å²) in [4.78, 5) is 17.9. The van der Waals surface area contributed by atoms with Gasteiger partial charge in [0.05, 0.1) is 17.4 Å². The lowest BCUT2D eigenvalue weighted by atomic mass is 9.75. The fourth-order valence-corrected chi connectivity index (χ4v) is 7.16. The predicted octanol–water partition coefficient (Wildman–Crippen LogP) is 8.89. The molecule has 1 aliphatic carbocycles. The van der Waals surface area contributed by atoms with E-state index < -0.39 is 0 Å². The predicted molar refractivity (Wildman–Crippen MR) is 182 cm³/mol. The fraction of sp³-hybridized carbons (Fsp3) is 0.128. The van der Waals surface area contributed by atoms with Crippen LogP contribution in [0, 0.1) is 0 Å². The van der Waals surface area contributed by atoms with Gasteiger partial charge in [0.2, 0.25) is 0 Å². The summed E-state index contributed by atoms with van der Waals surface area (Å²) in [5, 5.41) is 14.6. The molecular weight excluding hydrogens is 608 g/mol. The maximum absolute atomic E-state index is 13.5. The summed E-state index contributed by atoms with van der Waals surface area (Å²) in [6, 6.07) is 32.5. The Kier molecular flexibility index (Phi) is 6.54. The zero-order valence-electron chi connectivity index (χ0n) is 25.2. The van der Waals surface area contributed by atoms with Crippen LogP contribution in [0.25, 0.3) is 38.1 Å². The minimum atomic E-state index is -0.211. The third-order valence-electron chi connectivity index (χ3n) is 9.17. The highest BCUT2D eigenvalue weighted by Gasteiger charge is 2.37. The second-order valence-corrected chi connectivity index (χ2v) is 12.5. The topological polar surface area (TPSA) is 79.1 Å². The van der Waals surface area contributed by atoms with E-state index >= 15 is 0 Å². The highest BCUT2D eigenvalue weighted by Crippen LogP contribution is 2.49. The number of hydrogen-bond donors (Lipinski definition) is 0. The van der Waals surface area contributed by atoms with Crippen LogP contribution in [0.3, 0.4) is 0 Å². The molecule has 0 fully saturated rings. The number of carbonyl (C=O) groups is 1. The van der Waals surface area contributed by atoms with E-state index in [1.807, 2.05) is 54.7 Å². The molecular formula is C39H27ClN4O3. The molecule has 7 nitrogen and oxygen atoms in total. The van der Waals surface area contributed by atoms with E-state index in [4.69, 9.17) is 21.1 Å². The Hall–Kier alpha value is -5.53. The lowest BCUT2D eigenvalue weighted by Gasteiger charge is -2.33. The Labute approximate surface area is 275 Å². The number of ether oxygens (including phenoxy) is 2. The molecule has 5 aromatic carbocycles. The number of nitrogens with zero attached hydrogens (tertiary/aromatic N) is 4. The summed E-state index contributed by atoms with van der Waals surface area (Å²) in [5.41, 5.74) is 5.24. The number of benzene rings is 5. The van der Waals surface area contributed by atoms with Crippen LogP contribution in [0.15, 0.2) is 121 Å². The molecule has 228 valence electrons. The molecule has 1 unspecified atom stereocenters. The van der Waals surface area contributed by atoms with E-state index in [-0.39, 0.29) is 18.3 Å². The number of fused-ring (bicyclic) bond motifs is 4. The molecule has 1 aliphatic heterocycles. The zero-order chi connectivity index (χ0) is 31.5. The summed E-state index contributed by atoms with van der Waals surface area (Å²) < 4.78 is 14.4. The molecule has 7 aromatic rings. The molecule has 8 heteroatoms. The number of pyridine rings is 1. The molecule has 9 rings (SSSR count). The van der Waals surface area contributed by atoms with Crippen molar-refractivity contribution in [3.63, 3.8) is 0 Å². The van der Waals surface area contributed by atoms with Crippen LogP contribution < -0.4 is 9.47 Å². The Morgan fingerprint density at radius 3 is 2.72 bits per heavy atom. The van der Waals surface area contributed by atoms with Crippen molar-refractivity contribution in [1.29, 1.82) is 0 Å². The second kappa shape index (κ2) is 11.1. The molecule has 2 aliphatic rings. The van der Waals surface area contributed by atoms with Gasteiger partial charge in [-0.1, -0.05) is 65.3 Å². The monoisotopic (exact) mass is 634 g/mol. The Morgan fingerprint density at radius 1 is 0.851 bits per heavy atom. The number of aromatic nitrogens is 4. The second-order valence-electron chi connectivity index (χ2n) is 12.1. The quantitative estimate of drug-likeness (QED) is 0.188. The van der Waals surface area contributed by atoms with E-state index in [0.29, 0.717) is 22.9 Å². The number of hydrogen-bond acceptors (Lipinski definition) is 6. The fourth-order valence-electron chi connectivity index (χ4n) is 7.00. The van der Waals surface area contributed by atoms with Gasteiger partial charge in [-0.05, 0) is 82.1 Å². The van der Waals surface area contributed by atoms with Gasteiger partial charge in [-0.25, -0.2) is 4.68 Å². The maximum Gasteiger partial charge on any atom is 0.163 e. The Balaban J connectivity index is 1.06. The van der Waals surface area contributed by atoms with E-state index in [2.05, 4.69) is 63.8 Å². The molecule has 0 saturated carbocycles. The highest BCUT2D eigenvalue weighted by molar-refractivity contribution is 6.31. The van der Waals surface area contributed by atoms with Gasteiger partial charge in [-0.15, -0.1) is 5.10 Å². The van der Waals surface area contributed by atoms with Crippen LogP contribution in [0.1, 0.15) is 42.0 Å². The van der Waals surface area contributed by atoms with Crippen LogP contribution in [0.5, 0.6) is 11.5 Å². The lowest BCUT2D eigenvalue weighted by molar-refractivity contribution is -0.116. The van der Waals surface area contributed by atoms with Crippen LogP contribution >= 0.6 is 11.6 Å². The van der Waals surface area contributed by atoms with E-state index in [1.54, 1.807) is 10.9 Å². The summed E-state index contributed by atoms with van der Waals surface area (Å²) in [6.45, 7) is 0.248. The van der Waals surface area contributed by atoms with Gasteiger partial charge in [0.1, 0.15) is 29.6 Å². The van der Waals surface area contributed by atoms with Crippen molar-refractivity contribution in [2.45, 2.75) is 31.8 Å². The van der Waals surface area contributed by atoms with Gasteiger partial charge in [-0.2, -0.15) is 0 Å². The smallest absolute Gasteiger partial charge is 0.163 e. The molecule has 3 heterocycles. The summed E-state index contributed by atoms with van der Waals surface area (Å²) in [5.74, 6) is 2.28. The zero-order valence-corrected chi connectivity index (χ0v) is 25.9. The first-order valence-corrected chi connectivity index (χ1v) is 16.0. The summed E-state index contributed by atoms with van der Waals surface area (Å²) in [6.07, 6.45) is 5.71. The molecule has 0 spiro atoms. The van der Waals surface area contributed by atoms with Crippen LogP contribution in [-0.2, 0) is 11.4 Å².